The second-order valence-corrected chi connectivity index (χ2v) is 14.1. The third-order valence-corrected chi connectivity index (χ3v) is 9.59. The summed E-state index contributed by atoms with van der Waals surface area (Å²) < 4.78 is 70.4. The number of furan rings is 1. The number of fused-ring (bicyclic) bond motifs is 2. The summed E-state index contributed by atoms with van der Waals surface area (Å²) in [5.41, 5.74) is 3.96. The molecule has 1 aliphatic rings. The van der Waals surface area contributed by atoms with E-state index in [1.54, 1.807) is 18.0 Å². The average molecular weight is 598 g/mol. The van der Waals surface area contributed by atoms with Gasteiger partial charge in [-0.25, -0.2) is 0 Å². The Balaban J connectivity index is 1.53. The Morgan fingerprint density at radius 3 is 2.58 bits per heavy atom. The zero-order chi connectivity index (χ0) is 27.5. The minimum Gasteiger partial charge on any atom is -0.448 e. The molecule has 2 N–H and O–H groups in total. The zero-order valence-corrected chi connectivity index (χ0v) is 24.2. The van der Waals surface area contributed by atoms with Crippen LogP contribution < -0.4 is 9.47 Å². The van der Waals surface area contributed by atoms with E-state index < -0.39 is 20.2 Å². The molecule has 0 unspecified atom stereocenters. The van der Waals surface area contributed by atoms with Gasteiger partial charge in [-0.15, -0.1) is 0 Å². The monoisotopic (exact) mass is 597 g/mol. The molecule has 0 amide bonds. The first kappa shape index (κ1) is 28.6. The number of anilines is 1. The molecule has 0 bridgehead atoms. The fourth-order valence-corrected chi connectivity index (χ4v) is 7.10. The summed E-state index contributed by atoms with van der Waals surface area (Å²) in [6, 6.07) is 7.99. The van der Waals surface area contributed by atoms with E-state index in [2.05, 4.69) is 17.0 Å². The van der Waals surface area contributed by atoms with Crippen LogP contribution in [-0.2, 0) is 26.8 Å². The van der Waals surface area contributed by atoms with Gasteiger partial charge in [0.1, 0.15) is 0 Å². The molecule has 2 aromatic heterocycles. The second-order valence-electron chi connectivity index (χ2n) is 8.94. The highest BCUT2D eigenvalue weighted by molar-refractivity contribution is 8.03. The lowest BCUT2D eigenvalue weighted by atomic mass is 10.2. The van der Waals surface area contributed by atoms with Gasteiger partial charge in [0.25, 0.3) is 35.7 Å². The Bertz CT molecular complexity index is 1630. The summed E-state index contributed by atoms with van der Waals surface area (Å²) >= 11 is 3.06. The molecule has 0 spiro atoms. The predicted molar refractivity (Wildman–Crippen MR) is 152 cm³/mol. The van der Waals surface area contributed by atoms with Crippen molar-refractivity contribution in [3.8, 4) is 0 Å². The largest absolute Gasteiger partial charge is 0.448 e. The third-order valence-electron chi connectivity index (χ3n) is 5.80. The van der Waals surface area contributed by atoms with Crippen LogP contribution in [0, 0.1) is 6.92 Å². The lowest BCUT2D eigenvalue weighted by Crippen LogP contribution is -2.35. The highest BCUT2D eigenvalue weighted by atomic mass is 32.2. The van der Waals surface area contributed by atoms with Crippen LogP contribution >= 0.6 is 23.1 Å². The molecular weight excluding hydrogens is 569 g/mol. The van der Waals surface area contributed by atoms with Crippen molar-refractivity contribution in [1.29, 1.82) is 0 Å². The number of rotatable bonds is 11. The maximum Gasteiger partial charge on any atom is 0.265 e. The molecule has 3 aromatic rings. The lowest BCUT2D eigenvalue weighted by Gasteiger charge is -2.20. The molecule has 1 aliphatic heterocycles. The number of hydrogen-bond donors (Lipinski definition) is 2. The van der Waals surface area contributed by atoms with Crippen molar-refractivity contribution in [1.82, 2.24) is 0 Å². The van der Waals surface area contributed by atoms with Gasteiger partial charge in [0.2, 0.25) is 0 Å². The van der Waals surface area contributed by atoms with Crippen LogP contribution in [0.2, 0.25) is 0 Å². The highest BCUT2D eigenvalue weighted by Gasteiger charge is 2.25. The van der Waals surface area contributed by atoms with Crippen LogP contribution in [0.3, 0.4) is 0 Å². The number of thioether (sulfide) groups is 1. The third kappa shape index (κ3) is 7.58. The standard InChI is InChI=1S/C25H28N2O7S4/c1-18(7-10-24-26(12-3-15-37(28,29)30)20-11-14-34-25(20)36-24)6-9-23-27(13-4-16-38(31,32)33)21-17-19(2)5-8-22(21)35-23/h5-11,14,17H,3-4,12-13,15-16H2,1-2H3,(H-,28,29,30,31,32,33)/p+1. The Morgan fingerprint density at radius 2 is 1.84 bits per heavy atom. The molecule has 0 atom stereocenters. The molecule has 1 aromatic carbocycles. The van der Waals surface area contributed by atoms with Crippen molar-refractivity contribution >= 4 is 65.5 Å². The number of allylic oxidation sites excluding steroid dienone is 4. The van der Waals surface area contributed by atoms with E-state index in [1.165, 1.54) is 11.3 Å². The Labute approximate surface area is 230 Å². The van der Waals surface area contributed by atoms with E-state index in [0.717, 1.165) is 42.2 Å². The van der Waals surface area contributed by atoms with Crippen LogP contribution in [0.5, 0.6) is 0 Å². The number of aryl methyl sites for hydroxylation is 2. The summed E-state index contributed by atoms with van der Waals surface area (Å²) in [6.07, 6.45) is 10.0. The fourth-order valence-electron chi connectivity index (χ4n) is 4.03. The molecule has 13 heteroatoms. The molecule has 38 heavy (non-hydrogen) atoms. The SMILES string of the molecule is CC(C=Cc1sc2occc2[n+]1CCCS(=O)(=O)O)=CC=C1Sc2ccc(C)cc2N1CCCS(=O)(=O)O. The minimum absolute atomic E-state index is 0.271. The molecule has 3 heterocycles. The van der Waals surface area contributed by atoms with Crippen molar-refractivity contribution < 1.29 is 34.9 Å². The van der Waals surface area contributed by atoms with Crippen LogP contribution in [0.15, 0.2) is 68.7 Å². The van der Waals surface area contributed by atoms with E-state index in [1.807, 2.05) is 54.9 Å². The maximum absolute atomic E-state index is 11.2. The first-order valence-electron chi connectivity index (χ1n) is 11.8. The summed E-state index contributed by atoms with van der Waals surface area (Å²) in [6.45, 7) is 4.84. The molecule has 0 radical (unpaired) electrons. The van der Waals surface area contributed by atoms with Crippen molar-refractivity contribution in [2.75, 3.05) is 23.0 Å². The Hall–Kier alpha value is -2.42. The topological polar surface area (TPSA) is 129 Å². The normalized spacial score (nSPS) is 15.8. The Kier molecular flexibility index (Phi) is 8.85. The van der Waals surface area contributed by atoms with E-state index >= 15 is 0 Å². The summed E-state index contributed by atoms with van der Waals surface area (Å²) in [7, 11) is -8.05. The van der Waals surface area contributed by atoms with Crippen LogP contribution in [0.1, 0.15) is 30.3 Å². The van der Waals surface area contributed by atoms with E-state index in [4.69, 9.17) is 13.5 Å². The fraction of sp³-hybridized carbons (Fsp3) is 0.320. The van der Waals surface area contributed by atoms with Gasteiger partial charge < -0.3 is 9.32 Å². The first-order chi connectivity index (χ1) is 17.9. The number of nitrogens with zero attached hydrogens (tertiary/aromatic N) is 2. The van der Waals surface area contributed by atoms with Gasteiger partial charge in [0.15, 0.2) is 6.54 Å². The van der Waals surface area contributed by atoms with Crippen molar-refractivity contribution in [3.05, 3.63) is 69.9 Å². The van der Waals surface area contributed by atoms with Crippen molar-refractivity contribution in [3.63, 3.8) is 0 Å². The van der Waals surface area contributed by atoms with Gasteiger partial charge in [-0.2, -0.15) is 21.4 Å². The smallest absolute Gasteiger partial charge is 0.265 e. The Morgan fingerprint density at radius 1 is 1.11 bits per heavy atom. The quantitative estimate of drug-likeness (QED) is 0.177. The molecular formula is C25H29N2O7S4+. The highest BCUT2D eigenvalue weighted by Crippen LogP contribution is 2.46. The van der Waals surface area contributed by atoms with E-state index in [0.29, 0.717) is 19.5 Å². The van der Waals surface area contributed by atoms with Crippen LogP contribution in [0.4, 0.5) is 5.69 Å². The second kappa shape index (κ2) is 11.8. The summed E-state index contributed by atoms with van der Waals surface area (Å²) in [5.74, 6) is -0.612. The molecule has 4 rings (SSSR count). The van der Waals surface area contributed by atoms with Crippen LogP contribution in [0.25, 0.3) is 16.5 Å². The number of hydrogen-bond acceptors (Lipinski definition) is 8. The van der Waals surface area contributed by atoms with Gasteiger partial charge >= 0.3 is 0 Å². The first-order valence-corrected chi connectivity index (χ1v) is 16.7. The minimum atomic E-state index is -4.03. The molecule has 0 saturated heterocycles. The molecule has 0 aliphatic carbocycles. The lowest BCUT2D eigenvalue weighted by molar-refractivity contribution is -0.668. The molecule has 204 valence electrons. The molecule has 0 saturated carbocycles. The number of thiazole rings is 1. The summed E-state index contributed by atoms with van der Waals surface area (Å²) in [4.78, 5) is 3.89. The van der Waals surface area contributed by atoms with Gasteiger partial charge in [-0.1, -0.05) is 35.6 Å². The average Bonchev–Trinajstić information content (AvgIpc) is 3.49. The van der Waals surface area contributed by atoms with Gasteiger partial charge in [0, 0.05) is 23.9 Å². The predicted octanol–water partition coefficient (Wildman–Crippen LogP) is 5.06. The zero-order valence-electron chi connectivity index (χ0n) is 20.9. The van der Waals surface area contributed by atoms with E-state index in [-0.39, 0.29) is 17.9 Å². The molecule has 9 nitrogen and oxygen atoms in total. The molecule has 0 fully saturated rings. The van der Waals surface area contributed by atoms with Crippen molar-refractivity contribution in [2.24, 2.45) is 0 Å². The number of benzene rings is 1. The van der Waals surface area contributed by atoms with Gasteiger partial charge in [-0.05, 0) is 55.4 Å². The maximum atomic E-state index is 11.2. The van der Waals surface area contributed by atoms with Crippen LogP contribution in [-0.4, -0.2) is 44.0 Å². The van der Waals surface area contributed by atoms with Crippen molar-refractivity contribution in [2.45, 2.75) is 38.1 Å². The van der Waals surface area contributed by atoms with E-state index in [9.17, 15) is 16.8 Å². The van der Waals surface area contributed by atoms with Gasteiger partial charge in [0.05, 0.1) is 34.6 Å². The number of aromatic nitrogens is 1. The summed E-state index contributed by atoms with van der Waals surface area (Å²) in [5, 5.41) is 1.85. The van der Waals surface area contributed by atoms with Gasteiger partial charge in [-0.3, -0.25) is 9.11 Å².